The van der Waals surface area contributed by atoms with Crippen LogP contribution >= 0.6 is 0 Å². The van der Waals surface area contributed by atoms with Crippen LogP contribution in [0.3, 0.4) is 0 Å². The van der Waals surface area contributed by atoms with Crippen LogP contribution < -0.4 is 0 Å². The molecular formula is C23H30N2O7S. The number of rotatable bonds is 10. The summed E-state index contributed by atoms with van der Waals surface area (Å²) in [4.78, 5) is 25.2. The van der Waals surface area contributed by atoms with Gasteiger partial charge in [-0.15, -0.1) is 0 Å². The number of ketones is 1. The summed E-state index contributed by atoms with van der Waals surface area (Å²) in [6.45, 7) is 5.87. The molecule has 10 heteroatoms. The number of Topliss-reactive ketones (excluding diaryl/α,β-unsaturated/α-hetero) is 1. The Morgan fingerprint density at radius 1 is 1.12 bits per heavy atom. The van der Waals surface area contributed by atoms with Crippen molar-refractivity contribution in [1.82, 2.24) is 8.87 Å². The predicted molar refractivity (Wildman–Crippen MR) is 121 cm³/mol. The van der Waals surface area contributed by atoms with Crippen LogP contribution in [0.5, 0.6) is 0 Å². The van der Waals surface area contributed by atoms with Gasteiger partial charge in [0, 0.05) is 50.3 Å². The van der Waals surface area contributed by atoms with Crippen LogP contribution in [-0.2, 0) is 30.8 Å². The lowest BCUT2D eigenvalue weighted by Gasteiger charge is -2.26. The molecule has 0 aliphatic carbocycles. The molecule has 1 aliphatic rings. The Labute approximate surface area is 194 Å². The fraction of sp³-hybridized carbons (Fsp3) is 0.478. The Kier molecular flexibility index (Phi) is 8.41. The van der Waals surface area contributed by atoms with E-state index in [0.717, 1.165) is 24.4 Å². The van der Waals surface area contributed by atoms with Gasteiger partial charge in [-0.1, -0.05) is 6.07 Å². The molecule has 0 N–H and O–H groups in total. The van der Waals surface area contributed by atoms with E-state index in [0.29, 0.717) is 25.4 Å². The van der Waals surface area contributed by atoms with Crippen molar-refractivity contribution in [3.63, 3.8) is 0 Å². The summed E-state index contributed by atoms with van der Waals surface area (Å²) in [7, 11) is -2.10. The second-order valence-electron chi connectivity index (χ2n) is 7.83. The lowest BCUT2D eigenvalue weighted by molar-refractivity contribution is 0.0474. The van der Waals surface area contributed by atoms with E-state index in [-0.39, 0.29) is 29.3 Å². The largest absolute Gasteiger partial charge is 0.454 e. The lowest BCUT2D eigenvalue weighted by atomic mass is 10.1. The van der Waals surface area contributed by atoms with Gasteiger partial charge in [0.15, 0.2) is 6.61 Å². The molecule has 0 unspecified atom stereocenters. The van der Waals surface area contributed by atoms with Crippen LogP contribution in [0.4, 0.5) is 0 Å². The van der Waals surface area contributed by atoms with Crippen molar-refractivity contribution in [3.8, 4) is 0 Å². The molecule has 0 saturated carbocycles. The number of ether oxygens (including phenoxy) is 3. The number of aromatic nitrogens is 1. The summed E-state index contributed by atoms with van der Waals surface area (Å²) in [5.41, 5.74) is 2.33. The molecule has 1 aromatic carbocycles. The minimum atomic E-state index is -3.74. The number of sulfonamides is 1. The van der Waals surface area contributed by atoms with Crippen molar-refractivity contribution in [3.05, 3.63) is 52.8 Å². The van der Waals surface area contributed by atoms with Crippen molar-refractivity contribution >= 4 is 21.8 Å². The number of morpholine rings is 1. The Hall–Kier alpha value is -2.53. The number of carbonyl (C=O) groups is 2. The molecule has 1 saturated heterocycles. The van der Waals surface area contributed by atoms with Crippen LogP contribution in [0.1, 0.15) is 38.5 Å². The molecule has 2 aromatic rings. The Bertz CT molecular complexity index is 1100. The molecule has 2 heterocycles. The number of methoxy groups -OCH3 is 1. The maximum atomic E-state index is 12.8. The molecule has 3 rings (SSSR count). The third kappa shape index (κ3) is 5.89. The number of benzene rings is 1. The Morgan fingerprint density at radius 3 is 2.55 bits per heavy atom. The van der Waals surface area contributed by atoms with Crippen LogP contribution in [0.15, 0.2) is 35.2 Å². The van der Waals surface area contributed by atoms with Gasteiger partial charge in [-0.05, 0) is 44.5 Å². The third-order valence-electron chi connectivity index (χ3n) is 5.62. The number of carbonyl (C=O) groups excluding carboxylic acids is 2. The maximum Gasteiger partial charge on any atom is 0.338 e. The van der Waals surface area contributed by atoms with E-state index < -0.39 is 22.6 Å². The van der Waals surface area contributed by atoms with Gasteiger partial charge in [0.1, 0.15) is 0 Å². The number of aryl methyl sites for hydroxylation is 1. The molecule has 1 fully saturated rings. The van der Waals surface area contributed by atoms with E-state index in [2.05, 4.69) is 0 Å². The number of hydrogen-bond acceptors (Lipinski definition) is 7. The topological polar surface area (TPSA) is 104 Å². The van der Waals surface area contributed by atoms with Gasteiger partial charge in [0.25, 0.3) is 0 Å². The normalized spacial score (nSPS) is 14.9. The van der Waals surface area contributed by atoms with E-state index in [4.69, 9.17) is 14.2 Å². The summed E-state index contributed by atoms with van der Waals surface area (Å²) < 4.78 is 44.5. The summed E-state index contributed by atoms with van der Waals surface area (Å²) in [6.07, 6.45) is 0.819. The first-order valence-corrected chi connectivity index (χ1v) is 12.2. The van der Waals surface area contributed by atoms with Crippen molar-refractivity contribution in [2.45, 2.75) is 31.7 Å². The third-order valence-corrected chi connectivity index (χ3v) is 7.51. The molecule has 0 spiro atoms. The molecular weight excluding hydrogens is 448 g/mol. The second-order valence-corrected chi connectivity index (χ2v) is 9.76. The van der Waals surface area contributed by atoms with Crippen LogP contribution in [-0.4, -0.2) is 75.7 Å². The molecule has 0 amide bonds. The van der Waals surface area contributed by atoms with E-state index in [1.54, 1.807) is 13.2 Å². The maximum absolute atomic E-state index is 12.8. The van der Waals surface area contributed by atoms with Crippen molar-refractivity contribution in [2.75, 3.05) is 46.6 Å². The van der Waals surface area contributed by atoms with Gasteiger partial charge >= 0.3 is 5.97 Å². The van der Waals surface area contributed by atoms with Crippen LogP contribution in [0, 0.1) is 13.8 Å². The van der Waals surface area contributed by atoms with Gasteiger partial charge in [0.2, 0.25) is 15.8 Å². The Morgan fingerprint density at radius 2 is 1.85 bits per heavy atom. The first kappa shape index (κ1) is 25.1. The SMILES string of the molecule is COCCCn1c(C)cc(C(=O)COC(=O)c2cccc(S(=O)(=O)N3CCOCC3)c2)c1C. The molecule has 33 heavy (non-hydrogen) atoms. The quantitative estimate of drug-likeness (QED) is 0.293. The highest BCUT2D eigenvalue weighted by molar-refractivity contribution is 7.89. The minimum absolute atomic E-state index is 0.00443. The number of hydrogen-bond donors (Lipinski definition) is 0. The Balaban J connectivity index is 1.66. The molecule has 1 aromatic heterocycles. The highest BCUT2D eigenvalue weighted by Crippen LogP contribution is 2.20. The fourth-order valence-electron chi connectivity index (χ4n) is 3.81. The van der Waals surface area contributed by atoms with Crippen LogP contribution in [0.25, 0.3) is 0 Å². The summed E-state index contributed by atoms with van der Waals surface area (Å²) in [5.74, 6) is -1.07. The van der Waals surface area contributed by atoms with Crippen molar-refractivity contribution < 1.29 is 32.2 Å². The summed E-state index contributed by atoms with van der Waals surface area (Å²) in [6, 6.07) is 7.45. The zero-order chi connectivity index (χ0) is 24.0. The molecule has 180 valence electrons. The lowest BCUT2D eigenvalue weighted by Crippen LogP contribution is -2.40. The zero-order valence-electron chi connectivity index (χ0n) is 19.2. The average molecular weight is 479 g/mol. The molecule has 0 atom stereocenters. The predicted octanol–water partition coefficient (Wildman–Crippen LogP) is 2.20. The second kappa shape index (κ2) is 11.1. The average Bonchev–Trinajstić information content (AvgIpc) is 3.11. The first-order chi connectivity index (χ1) is 15.8. The number of nitrogens with zero attached hydrogens (tertiary/aromatic N) is 2. The van der Waals surface area contributed by atoms with E-state index in [1.807, 2.05) is 18.4 Å². The van der Waals surface area contributed by atoms with Crippen LogP contribution in [0.2, 0.25) is 0 Å². The standard InChI is InChI=1S/C23H30N2O7S/c1-17-14-21(18(2)25(17)8-5-11-30-3)22(26)16-32-23(27)19-6-4-7-20(15-19)33(28,29)24-9-12-31-13-10-24/h4,6-7,14-15H,5,8-13,16H2,1-3H3. The van der Waals surface area contributed by atoms with Gasteiger partial charge < -0.3 is 18.8 Å². The molecule has 9 nitrogen and oxygen atoms in total. The van der Waals surface area contributed by atoms with Gasteiger partial charge in [-0.2, -0.15) is 4.31 Å². The smallest absolute Gasteiger partial charge is 0.338 e. The van der Waals surface area contributed by atoms with Crippen molar-refractivity contribution in [1.29, 1.82) is 0 Å². The molecule has 0 bridgehead atoms. The summed E-state index contributed by atoms with van der Waals surface area (Å²) >= 11 is 0. The minimum Gasteiger partial charge on any atom is -0.454 e. The van der Waals surface area contributed by atoms with E-state index >= 15 is 0 Å². The monoisotopic (exact) mass is 478 g/mol. The van der Waals surface area contributed by atoms with E-state index in [9.17, 15) is 18.0 Å². The fourth-order valence-corrected chi connectivity index (χ4v) is 5.26. The van der Waals surface area contributed by atoms with E-state index in [1.165, 1.54) is 28.6 Å². The van der Waals surface area contributed by atoms with Crippen molar-refractivity contribution in [2.24, 2.45) is 0 Å². The molecule has 0 radical (unpaired) electrons. The highest BCUT2D eigenvalue weighted by atomic mass is 32.2. The highest BCUT2D eigenvalue weighted by Gasteiger charge is 2.27. The zero-order valence-corrected chi connectivity index (χ0v) is 20.0. The summed E-state index contributed by atoms with van der Waals surface area (Å²) in [5, 5.41) is 0. The first-order valence-electron chi connectivity index (χ1n) is 10.8. The number of esters is 1. The van der Waals surface area contributed by atoms with Gasteiger partial charge in [-0.3, -0.25) is 4.79 Å². The molecule has 1 aliphatic heterocycles. The van der Waals surface area contributed by atoms with Gasteiger partial charge in [-0.25, -0.2) is 13.2 Å². The van der Waals surface area contributed by atoms with Gasteiger partial charge in [0.05, 0.1) is 23.7 Å².